The second-order valence-electron chi connectivity index (χ2n) is 10.2. The van der Waals surface area contributed by atoms with Crippen molar-refractivity contribution in [1.82, 2.24) is 4.90 Å². The van der Waals surface area contributed by atoms with Crippen molar-refractivity contribution in [2.75, 3.05) is 17.8 Å². The Morgan fingerprint density at radius 3 is 2.32 bits per heavy atom. The van der Waals surface area contributed by atoms with Gasteiger partial charge in [-0.25, -0.2) is 0 Å². The van der Waals surface area contributed by atoms with Crippen molar-refractivity contribution in [3.63, 3.8) is 0 Å². The largest absolute Gasteiger partial charge is 0.494 e. The SMILES string of the molecule is CCCCCCCCCCCCCCOc1ccc(CC(=O)Nc2cccc(CN3C=CSC3)c2)c(Cl)c1. The smallest absolute Gasteiger partial charge is 0.228 e. The fourth-order valence-corrected chi connectivity index (χ4v) is 5.61. The zero-order valence-corrected chi connectivity index (χ0v) is 24.6. The lowest BCUT2D eigenvalue weighted by atomic mass is 10.1. The molecule has 1 N–H and O–H groups in total. The first kappa shape index (κ1) is 30.4. The van der Waals surface area contributed by atoms with Crippen molar-refractivity contribution in [3.05, 3.63) is 70.2 Å². The molecule has 3 rings (SSSR count). The third-order valence-electron chi connectivity index (χ3n) is 6.85. The van der Waals surface area contributed by atoms with Crippen molar-refractivity contribution in [1.29, 1.82) is 0 Å². The van der Waals surface area contributed by atoms with Crippen molar-refractivity contribution < 1.29 is 9.53 Å². The average molecular weight is 557 g/mol. The summed E-state index contributed by atoms with van der Waals surface area (Å²) in [7, 11) is 0. The highest BCUT2D eigenvalue weighted by Gasteiger charge is 2.11. The number of nitrogens with zero attached hydrogens (tertiary/aromatic N) is 1. The van der Waals surface area contributed by atoms with Crippen molar-refractivity contribution in [2.24, 2.45) is 0 Å². The van der Waals surface area contributed by atoms with Crippen LogP contribution in [0.1, 0.15) is 95.1 Å². The van der Waals surface area contributed by atoms with Crippen LogP contribution in [0.15, 0.2) is 54.1 Å². The summed E-state index contributed by atoms with van der Waals surface area (Å²) in [4.78, 5) is 14.9. The van der Waals surface area contributed by atoms with E-state index < -0.39 is 0 Å². The number of rotatable bonds is 19. The van der Waals surface area contributed by atoms with Crippen molar-refractivity contribution >= 4 is 35.0 Å². The van der Waals surface area contributed by atoms with E-state index >= 15 is 0 Å². The Hall–Kier alpha value is -2.11. The van der Waals surface area contributed by atoms with Gasteiger partial charge in [-0.2, -0.15) is 0 Å². The Morgan fingerprint density at radius 2 is 1.66 bits per heavy atom. The number of carbonyl (C=O) groups excluding carboxylic acids is 1. The molecule has 2 aromatic carbocycles. The predicted octanol–water partition coefficient (Wildman–Crippen LogP) is 9.58. The Labute approximate surface area is 239 Å². The first-order chi connectivity index (χ1) is 18.6. The average Bonchev–Trinajstić information content (AvgIpc) is 3.41. The lowest BCUT2D eigenvalue weighted by Crippen LogP contribution is -2.16. The highest BCUT2D eigenvalue weighted by molar-refractivity contribution is 8.02. The summed E-state index contributed by atoms with van der Waals surface area (Å²) in [5.74, 6) is 1.66. The molecule has 0 atom stereocenters. The molecule has 38 heavy (non-hydrogen) atoms. The summed E-state index contributed by atoms with van der Waals surface area (Å²) in [6.45, 7) is 3.81. The van der Waals surface area contributed by atoms with E-state index in [0.717, 1.165) is 35.8 Å². The molecule has 4 nitrogen and oxygen atoms in total. The van der Waals surface area contributed by atoms with E-state index in [-0.39, 0.29) is 12.3 Å². The van der Waals surface area contributed by atoms with Gasteiger partial charge in [0.1, 0.15) is 5.75 Å². The van der Waals surface area contributed by atoms with Gasteiger partial charge in [0.05, 0.1) is 18.9 Å². The third kappa shape index (κ3) is 12.2. The van der Waals surface area contributed by atoms with E-state index in [1.807, 2.05) is 36.4 Å². The number of anilines is 1. The maximum absolute atomic E-state index is 12.7. The minimum absolute atomic E-state index is 0.0779. The van der Waals surface area contributed by atoms with Gasteiger partial charge in [-0.05, 0) is 47.2 Å². The third-order valence-corrected chi connectivity index (χ3v) is 7.99. The summed E-state index contributed by atoms with van der Waals surface area (Å²) in [5.41, 5.74) is 2.78. The molecule has 0 aromatic heterocycles. The quantitative estimate of drug-likeness (QED) is 0.175. The molecule has 0 fully saturated rings. The van der Waals surface area contributed by atoms with Gasteiger partial charge in [0, 0.05) is 23.5 Å². The fraction of sp³-hybridized carbons (Fsp3) is 0.531. The molecule has 0 saturated carbocycles. The molecule has 208 valence electrons. The van der Waals surface area contributed by atoms with Gasteiger partial charge in [0.2, 0.25) is 5.91 Å². The lowest BCUT2D eigenvalue weighted by Gasteiger charge is -2.15. The number of unbranched alkanes of at least 4 members (excludes halogenated alkanes) is 11. The van der Waals surface area contributed by atoms with E-state index in [2.05, 4.69) is 34.8 Å². The molecule has 6 heteroatoms. The maximum atomic E-state index is 12.7. The monoisotopic (exact) mass is 556 g/mol. The summed E-state index contributed by atoms with van der Waals surface area (Å²) < 4.78 is 5.91. The highest BCUT2D eigenvalue weighted by Crippen LogP contribution is 2.24. The molecule has 1 amide bonds. The molecule has 2 aromatic rings. The standard InChI is InChI=1S/C32H45ClN2O2S/c1-2-3-4-5-6-7-8-9-10-11-12-13-20-37-30-18-17-28(31(33)24-30)23-32(36)34-29-16-14-15-27(22-29)25-35-19-21-38-26-35/h14-19,21-22,24H,2-13,20,23,25-26H2,1H3,(H,34,36). The van der Waals surface area contributed by atoms with Crippen LogP contribution in [0.3, 0.4) is 0 Å². The Balaban J connectivity index is 1.28. The molecule has 0 spiro atoms. The number of amides is 1. The van der Waals surface area contributed by atoms with Crippen LogP contribution in [0.5, 0.6) is 5.75 Å². The summed E-state index contributed by atoms with van der Waals surface area (Å²) in [5, 5.41) is 5.68. The number of ether oxygens (including phenoxy) is 1. The van der Waals surface area contributed by atoms with Crippen LogP contribution in [-0.2, 0) is 17.8 Å². The molecule has 0 radical (unpaired) electrons. The Kier molecular flexibility index (Phi) is 14.6. The van der Waals surface area contributed by atoms with E-state index in [1.54, 1.807) is 11.8 Å². The molecular weight excluding hydrogens is 512 g/mol. The van der Waals surface area contributed by atoms with Gasteiger partial charge in [-0.3, -0.25) is 4.79 Å². The van der Waals surface area contributed by atoms with Crippen LogP contribution in [0.2, 0.25) is 5.02 Å². The highest BCUT2D eigenvalue weighted by atomic mass is 35.5. The zero-order valence-electron chi connectivity index (χ0n) is 23.1. The normalized spacial score (nSPS) is 12.7. The van der Waals surface area contributed by atoms with E-state index in [9.17, 15) is 4.79 Å². The van der Waals surface area contributed by atoms with Gasteiger partial charge >= 0.3 is 0 Å². The van der Waals surface area contributed by atoms with Crippen molar-refractivity contribution in [2.45, 2.75) is 96.9 Å². The Bertz CT molecular complexity index is 997. The van der Waals surface area contributed by atoms with Crippen LogP contribution in [0.4, 0.5) is 5.69 Å². The predicted molar refractivity (Wildman–Crippen MR) is 164 cm³/mol. The zero-order chi connectivity index (χ0) is 26.8. The van der Waals surface area contributed by atoms with Crippen LogP contribution in [0.25, 0.3) is 0 Å². The van der Waals surface area contributed by atoms with Crippen LogP contribution < -0.4 is 10.1 Å². The number of carbonyl (C=O) groups is 1. The maximum Gasteiger partial charge on any atom is 0.228 e. The molecule has 1 aliphatic heterocycles. The van der Waals surface area contributed by atoms with Crippen LogP contribution in [-0.4, -0.2) is 23.3 Å². The Morgan fingerprint density at radius 1 is 0.947 bits per heavy atom. The van der Waals surface area contributed by atoms with Gasteiger partial charge in [-0.15, -0.1) is 11.8 Å². The molecule has 0 unspecified atom stereocenters. The van der Waals surface area contributed by atoms with Gasteiger partial charge in [0.25, 0.3) is 0 Å². The van der Waals surface area contributed by atoms with Crippen molar-refractivity contribution in [3.8, 4) is 5.75 Å². The van der Waals surface area contributed by atoms with Crippen LogP contribution in [0, 0.1) is 0 Å². The molecule has 0 aliphatic carbocycles. The second-order valence-corrected chi connectivity index (χ2v) is 11.5. The van der Waals surface area contributed by atoms with E-state index in [4.69, 9.17) is 16.3 Å². The molecule has 1 heterocycles. The molecule has 0 bridgehead atoms. The number of thioether (sulfide) groups is 1. The summed E-state index contributed by atoms with van der Waals surface area (Å²) in [6, 6.07) is 13.7. The van der Waals surface area contributed by atoms with E-state index in [0.29, 0.717) is 11.6 Å². The molecular formula is C32H45ClN2O2S. The van der Waals surface area contributed by atoms with Crippen LogP contribution >= 0.6 is 23.4 Å². The topological polar surface area (TPSA) is 41.6 Å². The number of nitrogens with one attached hydrogen (secondary N) is 1. The van der Waals surface area contributed by atoms with Gasteiger partial charge in [0.15, 0.2) is 0 Å². The number of halogens is 1. The summed E-state index contributed by atoms with van der Waals surface area (Å²) >= 11 is 8.27. The number of hydrogen-bond acceptors (Lipinski definition) is 4. The molecule has 1 aliphatic rings. The minimum Gasteiger partial charge on any atom is -0.494 e. The van der Waals surface area contributed by atoms with Gasteiger partial charge < -0.3 is 15.0 Å². The first-order valence-corrected chi connectivity index (χ1v) is 15.9. The first-order valence-electron chi connectivity index (χ1n) is 14.5. The lowest BCUT2D eigenvalue weighted by molar-refractivity contribution is -0.115. The molecule has 0 saturated heterocycles. The summed E-state index contributed by atoms with van der Waals surface area (Å²) in [6.07, 6.45) is 18.3. The number of hydrogen-bond donors (Lipinski definition) is 1. The fourth-order valence-electron chi connectivity index (χ4n) is 4.66. The number of benzene rings is 2. The van der Waals surface area contributed by atoms with E-state index in [1.165, 1.54) is 76.2 Å². The second kappa shape index (κ2) is 18.2. The van der Waals surface area contributed by atoms with Gasteiger partial charge in [-0.1, -0.05) is 107 Å². The minimum atomic E-state index is -0.0779.